The molecule has 2 fully saturated rings. The molecule has 0 radical (unpaired) electrons. The Hall–Kier alpha value is -1.55. The van der Waals surface area contributed by atoms with E-state index in [-0.39, 0.29) is 29.0 Å². The summed E-state index contributed by atoms with van der Waals surface area (Å²) in [6.07, 6.45) is 1.44. The molecule has 0 amide bonds. The van der Waals surface area contributed by atoms with Crippen LogP contribution in [0.2, 0.25) is 0 Å². The zero-order valence-corrected chi connectivity index (χ0v) is 15.6. The van der Waals surface area contributed by atoms with Gasteiger partial charge in [-0.1, -0.05) is 39.0 Å². The molecular formula is C21H28O4. The lowest BCUT2D eigenvalue weighted by Crippen LogP contribution is -2.66. The fourth-order valence-electron chi connectivity index (χ4n) is 5.57. The first-order valence-corrected chi connectivity index (χ1v) is 9.46. The van der Waals surface area contributed by atoms with E-state index < -0.39 is 0 Å². The Morgan fingerprint density at radius 3 is 2.84 bits per heavy atom. The first-order chi connectivity index (χ1) is 11.9. The fourth-order valence-corrected chi connectivity index (χ4v) is 5.57. The Balaban J connectivity index is 1.72. The van der Waals surface area contributed by atoms with Gasteiger partial charge in [-0.3, -0.25) is 4.79 Å². The van der Waals surface area contributed by atoms with Crippen LogP contribution in [-0.2, 0) is 14.3 Å². The molecule has 4 nitrogen and oxygen atoms in total. The van der Waals surface area contributed by atoms with E-state index in [1.54, 1.807) is 0 Å². The molecule has 0 N–H and O–H groups in total. The van der Waals surface area contributed by atoms with Gasteiger partial charge in [0.25, 0.3) is 0 Å². The third-order valence-electron chi connectivity index (χ3n) is 7.06. The maximum atomic E-state index is 11.8. The van der Waals surface area contributed by atoms with E-state index in [0.717, 1.165) is 17.7 Å². The maximum Gasteiger partial charge on any atom is 0.305 e. The summed E-state index contributed by atoms with van der Waals surface area (Å²) >= 11 is 0. The van der Waals surface area contributed by atoms with Crippen molar-refractivity contribution in [3.05, 3.63) is 29.8 Å². The Morgan fingerprint density at radius 2 is 2.08 bits per heavy atom. The number of fused-ring (bicyclic) bond motifs is 3. The monoisotopic (exact) mass is 344 g/mol. The highest BCUT2D eigenvalue weighted by Crippen LogP contribution is 2.63. The van der Waals surface area contributed by atoms with Crippen LogP contribution in [0.3, 0.4) is 0 Å². The highest BCUT2D eigenvalue weighted by Gasteiger charge is 2.64. The summed E-state index contributed by atoms with van der Waals surface area (Å²) in [5.41, 5.74) is 0.794. The molecule has 1 aromatic rings. The predicted octanol–water partition coefficient (Wildman–Crippen LogP) is 4.14. The number of rotatable bonds is 3. The molecule has 1 saturated carbocycles. The summed E-state index contributed by atoms with van der Waals surface area (Å²) in [5.74, 6) is 1.82. The molecule has 2 heterocycles. The van der Waals surface area contributed by atoms with Crippen molar-refractivity contribution in [2.45, 2.75) is 52.2 Å². The lowest BCUT2D eigenvalue weighted by atomic mass is 9.50. The van der Waals surface area contributed by atoms with Crippen molar-refractivity contribution in [2.24, 2.45) is 23.2 Å². The molecule has 0 aromatic heterocycles. The number of benzene rings is 1. The molecule has 4 rings (SSSR count). The Morgan fingerprint density at radius 1 is 1.32 bits per heavy atom. The molecular weight excluding hydrogens is 316 g/mol. The van der Waals surface area contributed by atoms with Gasteiger partial charge in [-0.05, 0) is 31.2 Å². The zero-order valence-electron chi connectivity index (χ0n) is 15.6. The standard InChI is InChI=1S/C21H28O4/c1-5-17(22)23-11-21-12-24-19-15-8-6-7-9-16(15)25-20(4,10-13(21)2)18(19)14(21)3/h6-9,13-14,18-19H,5,10-12H2,1-4H3/t13-,14+,18+,19+,20+,21-/m0/s1. The molecule has 1 aromatic carbocycles. The van der Waals surface area contributed by atoms with Crippen LogP contribution in [0.15, 0.2) is 24.3 Å². The van der Waals surface area contributed by atoms with Crippen molar-refractivity contribution in [3.63, 3.8) is 0 Å². The van der Waals surface area contributed by atoms with Gasteiger partial charge in [-0.2, -0.15) is 0 Å². The molecule has 1 saturated heterocycles. The minimum absolute atomic E-state index is 0.0625. The maximum absolute atomic E-state index is 11.8. The quantitative estimate of drug-likeness (QED) is 0.773. The van der Waals surface area contributed by atoms with Crippen molar-refractivity contribution in [1.29, 1.82) is 0 Å². The highest BCUT2D eigenvalue weighted by molar-refractivity contribution is 5.68. The van der Waals surface area contributed by atoms with Gasteiger partial charge in [0.2, 0.25) is 0 Å². The number of para-hydroxylation sites is 1. The molecule has 6 atom stereocenters. The third kappa shape index (κ3) is 2.33. The lowest BCUT2D eigenvalue weighted by Gasteiger charge is -2.63. The summed E-state index contributed by atoms with van der Waals surface area (Å²) in [6, 6.07) is 8.24. The van der Waals surface area contributed by atoms with Crippen molar-refractivity contribution in [2.75, 3.05) is 13.2 Å². The largest absolute Gasteiger partial charge is 0.487 e. The molecule has 25 heavy (non-hydrogen) atoms. The Bertz CT molecular complexity index is 686. The summed E-state index contributed by atoms with van der Waals surface area (Å²) in [7, 11) is 0. The van der Waals surface area contributed by atoms with E-state index in [9.17, 15) is 4.79 Å². The van der Waals surface area contributed by atoms with Crippen LogP contribution in [-0.4, -0.2) is 24.8 Å². The van der Waals surface area contributed by atoms with E-state index in [1.165, 1.54) is 0 Å². The van der Waals surface area contributed by atoms with E-state index in [4.69, 9.17) is 14.2 Å². The normalized spacial score (nSPS) is 41.4. The summed E-state index contributed by atoms with van der Waals surface area (Å²) in [5, 5.41) is 0. The van der Waals surface area contributed by atoms with Crippen LogP contribution < -0.4 is 4.74 Å². The first kappa shape index (κ1) is 16.9. The number of ether oxygens (including phenoxy) is 3. The van der Waals surface area contributed by atoms with Crippen LogP contribution in [0.5, 0.6) is 5.75 Å². The van der Waals surface area contributed by atoms with Crippen molar-refractivity contribution in [1.82, 2.24) is 0 Å². The van der Waals surface area contributed by atoms with Gasteiger partial charge in [-0.25, -0.2) is 0 Å². The average Bonchev–Trinajstić information content (AvgIpc) is 2.59. The van der Waals surface area contributed by atoms with E-state index in [0.29, 0.717) is 31.5 Å². The molecule has 2 bridgehead atoms. The molecule has 136 valence electrons. The molecule has 0 spiro atoms. The second kappa shape index (κ2) is 5.73. The minimum atomic E-state index is -0.240. The number of hydrogen-bond acceptors (Lipinski definition) is 4. The SMILES string of the molecule is CCC(=O)OC[C@]12CO[C@@H]3c4ccccc4O[C@](C)(C[C@@H]1C)[C@@H]3[C@H]2C. The summed E-state index contributed by atoms with van der Waals surface area (Å²) in [4.78, 5) is 11.8. The van der Waals surface area contributed by atoms with Crippen molar-refractivity contribution in [3.8, 4) is 5.75 Å². The van der Waals surface area contributed by atoms with E-state index in [2.05, 4.69) is 39.0 Å². The molecule has 2 aliphatic heterocycles. The van der Waals surface area contributed by atoms with Gasteiger partial charge in [0.05, 0.1) is 19.3 Å². The number of esters is 1. The highest BCUT2D eigenvalue weighted by atomic mass is 16.5. The Kier molecular flexibility index (Phi) is 3.87. The second-order valence-corrected chi connectivity index (χ2v) is 8.35. The number of hydrogen-bond donors (Lipinski definition) is 0. The van der Waals surface area contributed by atoms with Crippen LogP contribution >= 0.6 is 0 Å². The van der Waals surface area contributed by atoms with Gasteiger partial charge in [0.15, 0.2) is 0 Å². The van der Waals surface area contributed by atoms with E-state index in [1.807, 2.05) is 13.0 Å². The molecule has 4 heteroatoms. The van der Waals surface area contributed by atoms with Crippen LogP contribution in [0.4, 0.5) is 0 Å². The van der Waals surface area contributed by atoms with Crippen molar-refractivity contribution < 1.29 is 19.0 Å². The Labute approximate surface area is 149 Å². The summed E-state index contributed by atoms with van der Waals surface area (Å²) in [6.45, 7) is 9.70. The second-order valence-electron chi connectivity index (χ2n) is 8.35. The zero-order chi connectivity index (χ0) is 17.8. The predicted molar refractivity (Wildman–Crippen MR) is 94.3 cm³/mol. The van der Waals surface area contributed by atoms with Crippen LogP contribution in [0.1, 0.15) is 52.2 Å². The van der Waals surface area contributed by atoms with Gasteiger partial charge in [0, 0.05) is 23.3 Å². The van der Waals surface area contributed by atoms with Crippen molar-refractivity contribution >= 4 is 5.97 Å². The number of carbonyl (C=O) groups is 1. The topological polar surface area (TPSA) is 44.8 Å². The minimum Gasteiger partial charge on any atom is -0.487 e. The molecule has 1 aliphatic carbocycles. The van der Waals surface area contributed by atoms with E-state index >= 15 is 0 Å². The van der Waals surface area contributed by atoms with Gasteiger partial charge < -0.3 is 14.2 Å². The smallest absolute Gasteiger partial charge is 0.305 e. The first-order valence-electron chi connectivity index (χ1n) is 9.46. The molecule has 0 unspecified atom stereocenters. The van der Waals surface area contributed by atoms with Gasteiger partial charge in [-0.15, -0.1) is 0 Å². The number of carbonyl (C=O) groups excluding carboxylic acids is 1. The average molecular weight is 344 g/mol. The van der Waals surface area contributed by atoms with Crippen LogP contribution in [0.25, 0.3) is 0 Å². The lowest BCUT2D eigenvalue weighted by molar-refractivity contribution is -0.262. The van der Waals surface area contributed by atoms with Gasteiger partial charge >= 0.3 is 5.97 Å². The molecule has 3 aliphatic rings. The summed E-state index contributed by atoms with van der Waals surface area (Å²) < 4.78 is 18.6. The van der Waals surface area contributed by atoms with Gasteiger partial charge in [0.1, 0.15) is 11.4 Å². The van der Waals surface area contributed by atoms with Crippen LogP contribution in [0, 0.1) is 23.2 Å². The third-order valence-corrected chi connectivity index (χ3v) is 7.06. The fraction of sp³-hybridized carbons (Fsp3) is 0.667.